The summed E-state index contributed by atoms with van der Waals surface area (Å²) in [5, 5.41) is 1.06. The summed E-state index contributed by atoms with van der Waals surface area (Å²) in [6, 6.07) is 11.3. The second-order valence-electron chi connectivity index (χ2n) is 6.82. The van der Waals surface area contributed by atoms with Crippen molar-refractivity contribution in [3.05, 3.63) is 70.4 Å². The van der Waals surface area contributed by atoms with E-state index in [4.69, 9.17) is 27.6 Å². The molecule has 1 fully saturated rings. The molecule has 0 spiro atoms. The first-order chi connectivity index (χ1) is 13.6. The summed E-state index contributed by atoms with van der Waals surface area (Å²) in [5.74, 6) is 1.18. The predicted octanol–water partition coefficient (Wildman–Crippen LogP) is 5.17. The van der Waals surface area contributed by atoms with E-state index >= 15 is 0 Å². The molecule has 1 amide bonds. The molecule has 1 aliphatic carbocycles. The molecule has 2 aromatic heterocycles. The lowest BCUT2D eigenvalue weighted by Crippen LogP contribution is -2.33. The zero-order valence-corrected chi connectivity index (χ0v) is 16.7. The third-order valence-corrected chi connectivity index (χ3v) is 5.22. The summed E-state index contributed by atoms with van der Waals surface area (Å²) in [4.78, 5) is 23.3. The molecular formula is C21H19Cl2N3O2. The van der Waals surface area contributed by atoms with Crippen molar-refractivity contribution < 1.29 is 9.21 Å². The molecule has 0 aliphatic heterocycles. The number of pyridine rings is 1. The summed E-state index contributed by atoms with van der Waals surface area (Å²) < 4.78 is 5.79. The molecule has 0 unspecified atom stereocenters. The van der Waals surface area contributed by atoms with Crippen LogP contribution >= 0.6 is 23.2 Å². The largest absolute Gasteiger partial charge is 0.441 e. The molecule has 28 heavy (non-hydrogen) atoms. The van der Waals surface area contributed by atoms with Crippen molar-refractivity contribution in [3.63, 3.8) is 0 Å². The second-order valence-corrected chi connectivity index (χ2v) is 7.66. The highest BCUT2D eigenvalue weighted by Gasteiger charge is 2.32. The molecule has 3 aromatic rings. The van der Waals surface area contributed by atoms with E-state index in [0.29, 0.717) is 47.1 Å². The molecule has 4 rings (SSSR count). The fourth-order valence-electron chi connectivity index (χ4n) is 3.07. The highest BCUT2D eigenvalue weighted by Crippen LogP contribution is 2.31. The van der Waals surface area contributed by atoms with Gasteiger partial charge < -0.3 is 9.32 Å². The third-order valence-electron chi connectivity index (χ3n) is 4.67. The maximum absolute atomic E-state index is 12.8. The Bertz CT molecular complexity index is 971. The number of oxazole rings is 1. The normalized spacial score (nSPS) is 13.5. The maximum Gasteiger partial charge on any atom is 0.223 e. The van der Waals surface area contributed by atoms with Crippen LogP contribution in [0.5, 0.6) is 0 Å². The number of hydrogen-bond donors (Lipinski definition) is 0. The van der Waals surface area contributed by atoms with Crippen LogP contribution in [0.15, 0.2) is 53.2 Å². The SMILES string of the molecule is O=C(CCc1ncc(-c2ccc(Cl)cc2Cl)o1)N(Cc1ccccn1)C1CC1. The zero-order chi connectivity index (χ0) is 19.5. The lowest BCUT2D eigenvalue weighted by molar-refractivity contribution is -0.132. The molecule has 0 atom stereocenters. The number of carbonyl (C=O) groups is 1. The number of carbonyl (C=O) groups excluding carboxylic acids is 1. The third kappa shape index (κ3) is 4.54. The molecule has 0 saturated heterocycles. The van der Waals surface area contributed by atoms with Crippen molar-refractivity contribution in [2.45, 2.75) is 38.3 Å². The number of nitrogens with zero attached hydrogens (tertiary/aromatic N) is 3. The average Bonchev–Trinajstić information content (AvgIpc) is 3.43. The van der Waals surface area contributed by atoms with Crippen molar-refractivity contribution in [3.8, 4) is 11.3 Å². The molecule has 0 bridgehead atoms. The van der Waals surface area contributed by atoms with Crippen LogP contribution in [0, 0.1) is 0 Å². The van der Waals surface area contributed by atoms with E-state index in [-0.39, 0.29) is 5.91 Å². The van der Waals surface area contributed by atoms with Crippen LogP contribution in [0.4, 0.5) is 0 Å². The fraction of sp³-hybridized carbons (Fsp3) is 0.286. The summed E-state index contributed by atoms with van der Waals surface area (Å²) in [6.07, 6.45) is 6.27. The molecule has 1 aliphatic rings. The van der Waals surface area contributed by atoms with Gasteiger partial charge in [0.25, 0.3) is 0 Å². The van der Waals surface area contributed by atoms with Crippen molar-refractivity contribution in [2.24, 2.45) is 0 Å². The van der Waals surface area contributed by atoms with Crippen LogP contribution < -0.4 is 0 Å². The molecule has 7 heteroatoms. The number of aromatic nitrogens is 2. The van der Waals surface area contributed by atoms with E-state index in [1.54, 1.807) is 30.6 Å². The summed E-state index contributed by atoms with van der Waals surface area (Å²) in [7, 11) is 0. The highest BCUT2D eigenvalue weighted by atomic mass is 35.5. The number of benzene rings is 1. The van der Waals surface area contributed by atoms with E-state index < -0.39 is 0 Å². The molecule has 1 aromatic carbocycles. The Morgan fingerprint density at radius 1 is 1.18 bits per heavy atom. The van der Waals surface area contributed by atoms with Gasteiger partial charge in [-0.3, -0.25) is 9.78 Å². The van der Waals surface area contributed by atoms with E-state index in [2.05, 4.69) is 9.97 Å². The summed E-state index contributed by atoms with van der Waals surface area (Å²) in [6.45, 7) is 0.543. The van der Waals surface area contributed by atoms with Crippen molar-refractivity contribution >= 4 is 29.1 Å². The first-order valence-corrected chi connectivity index (χ1v) is 9.95. The maximum atomic E-state index is 12.8. The van der Waals surface area contributed by atoms with Crippen LogP contribution in [0.3, 0.4) is 0 Å². The zero-order valence-electron chi connectivity index (χ0n) is 15.1. The number of aryl methyl sites for hydroxylation is 1. The molecule has 2 heterocycles. The predicted molar refractivity (Wildman–Crippen MR) is 108 cm³/mol. The van der Waals surface area contributed by atoms with Gasteiger partial charge in [-0.1, -0.05) is 29.3 Å². The van der Waals surface area contributed by atoms with Gasteiger partial charge in [-0.05, 0) is 43.2 Å². The molecular weight excluding hydrogens is 397 g/mol. The number of hydrogen-bond acceptors (Lipinski definition) is 4. The van der Waals surface area contributed by atoms with Gasteiger partial charge in [-0.25, -0.2) is 4.98 Å². The Kier molecular flexibility index (Phi) is 5.64. The minimum absolute atomic E-state index is 0.0948. The fourth-order valence-corrected chi connectivity index (χ4v) is 3.57. The van der Waals surface area contributed by atoms with E-state index in [9.17, 15) is 4.79 Å². The van der Waals surface area contributed by atoms with Crippen LogP contribution in [-0.4, -0.2) is 26.8 Å². The molecule has 1 saturated carbocycles. The molecule has 5 nitrogen and oxygen atoms in total. The van der Waals surface area contributed by atoms with Crippen LogP contribution in [-0.2, 0) is 17.8 Å². The van der Waals surface area contributed by atoms with Crippen LogP contribution in [0.2, 0.25) is 10.0 Å². The Balaban J connectivity index is 1.39. The average molecular weight is 416 g/mol. The second kappa shape index (κ2) is 8.33. The Labute approximate surface area is 173 Å². The lowest BCUT2D eigenvalue weighted by atomic mass is 10.2. The number of halogens is 2. The van der Waals surface area contributed by atoms with E-state index in [0.717, 1.165) is 24.1 Å². The molecule has 0 radical (unpaired) electrons. The summed E-state index contributed by atoms with van der Waals surface area (Å²) >= 11 is 12.2. The first kappa shape index (κ1) is 19.0. The number of rotatable bonds is 7. The van der Waals surface area contributed by atoms with Gasteiger partial charge in [0.1, 0.15) is 0 Å². The van der Waals surface area contributed by atoms with Gasteiger partial charge in [0.05, 0.1) is 23.5 Å². The summed E-state index contributed by atoms with van der Waals surface area (Å²) in [5.41, 5.74) is 1.63. The van der Waals surface area contributed by atoms with Gasteiger partial charge in [-0.15, -0.1) is 0 Å². The van der Waals surface area contributed by atoms with E-state index in [1.165, 1.54) is 0 Å². The smallest absolute Gasteiger partial charge is 0.223 e. The van der Waals surface area contributed by atoms with E-state index in [1.807, 2.05) is 23.1 Å². The Morgan fingerprint density at radius 3 is 2.75 bits per heavy atom. The van der Waals surface area contributed by atoms with Gasteiger partial charge in [-0.2, -0.15) is 0 Å². The van der Waals surface area contributed by atoms with Crippen LogP contribution in [0.25, 0.3) is 11.3 Å². The lowest BCUT2D eigenvalue weighted by Gasteiger charge is -2.21. The monoisotopic (exact) mass is 415 g/mol. The molecule has 0 N–H and O–H groups in total. The topological polar surface area (TPSA) is 59.2 Å². The molecule has 144 valence electrons. The number of amides is 1. The van der Waals surface area contributed by atoms with Gasteiger partial charge in [0, 0.05) is 35.7 Å². The first-order valence-electron chi connectivity index (χ1n) is 9.19. The van der Waals surface area contributed by atoms with Crippen molar-refractivity contribution in [1.29, 1.82) is 0 Å². The van der Waals surface area contributed by atoms with Crippen molar-refractivity contribution in [1.82, 2.24) is 14.9 Å². The quantitative estimate of drug-likeness (QED) is 0.534. The minimum atomic E-state index is 0.0948. The Morgan fingerprint density at radius 2 is 2.04 bits per heavy atom. The van der Waals surface area contributed by atoms with Crippen molar-refractivity contribution in [2.75, 3.05) is 0 Å². The van der Waals surface area contributed by atoms with Crippen LogP contribution in [0.1, 0.15) is 30.8 Å². The Hall–Kier alpha value is -2.37. The van der Waals surface area contributed by atoms with Gasteiger partial charge in [0.2, 0.25) is 5.91 Å². The van der Waals surface area contributed by atoms with Gasteiger partial charge in [0.15, 0.2) is 11.7 Å². The minimum Gasteiger partial charge on any atom is -0.441 e. The standard InChI is InChI=1S/C21H19Cl2N3O2/c22-14-4-7-17(18(23)11-14)19-12-25-20(28-19)8-9-21(27)26(16-5-6-16)13-15-3-1-2-10-24-15/h1-4,7,10-12,16H,5-6,8-9,13H2. The highest BCUT2D eigenvalue weighted by molar-refractivity contribution is 6.36. The van der Waals surface area contributed by atoms with Gasteiger partial charge >= 0.3 is 0 Å².